The Morgan fingerprint density at radius 3 is 2.48 bits per heavy atom. The topological polar surface area (TPSA) is 72.9 Å². The zero-order chi connectivity index (χ0) is 23.4. The summed E-state index contributed by atoms with van der Waals surface area (Å²) in [4.78, 5) is 39.1. The lowest BCUT2D eigenvalue weighted by Gasteiger charge is -2.13. The van der Waals surface area contributed by atoms with Crippen LogP contribution in [0.1, 0.15) is 21.5 Å². The van der Waals surface area contributed by atoms with Gasteiger partial charge in [0.2, 0.25) is 0 Å². The Kier molecular flexibility index (Phi) is 6.82. The maximum absolute atomic E-state index is 12.8. The fourth-order valence-electron chi connectivity index (χ4n) is 3.15. The van der Waals surface area contributed by atoms with E-state index < -0.39 is 11.9 Å². The molecule has 3 aromatic rings. The molecule has 1 fully saturated rings. The number of carbonyl (C=O) groups is 3. The third-order valence-corrected chi connectivity index (χ3v) is 6.13. The summed E-state index contributed by atoms with van der Waals surface area (Å²) in [6.07, 6.45) is 1.60. The number of halogens is 1. The van der Waals surface area contributed by atoms with Gasteiger partial charge < -0.3 is 9.47 Å². The van der Waals surface area contributed by atoms with Crippen LogP contribution in [0.25, 0.3) is 6.08 Å². The molecule has 8 heteroatoms. The van der Waals surface area contributed by atoms with Gasteiger partial charge >= 0.3 is 5.97 Å². The minimum Gasteiger partial charge on any atom is -0.497 e. The van der Waals surface area contributed by atoms with Crippen molar-refractivity contribution in [3.63, 3.8) is 0 Å². The van der Waals surface area contributed by atoms with Gasteiger partial charge in [0.15, 0.2) is 0 Å². The van der Waals surface area contributed by atoms with Gasteiger partial charge in [-0.2, -0.15) is 0 Å². The number of nitrogens with zero attached hydrogens (tertiary/aromatic N) is 1. The van der Waals surface area contributed by atoms with E-state index >= 15 is 0 Å². The van der Waals surface area contributed by atoms with Crippen molar-refractivity contribution in [2.75, 3.05) is 7.11 Å². The molecule has 1 heterocycles. The van der Waals surface area contributed by atoms with Crippen molar-refractivity contribution >= 4 is 46.6 Å². The summed E-state index contributed by atoms with van der Waals surface area (Å²) < 4.78 is 10.5. The smallest absolute Gasteiger partial charge is 0.343 e. The molecule has 33 heavy (non-hydrogen) atoms. The van der Waals surface area contributed by atoms with Gasteiger partial charge in [0.25, 0.3) is 11.1 Å². The standard InChI is InChI=1S/C25H18ClNO5S/c1-31-19-11-9-17(10-12-19)24(29)32-20-7-4-5-16(13-20)14-22-23(28)27(25(30)33-22)15-18-6-2-3-8-21(18)26/h2-14H,15H2,1H3/b22-14-. The summed E-state index contributed by atoms with van der Waals surface area (Å²) >= 11 is 7.02. The number of rotatable bonds is 6. The van der Waals surface area contributed by atoms with Crippen LogP contribution in [-0.4, -0.2) is 29.1 Å². The highest BCUT2D eigenvalue weighted by molar-refractivity contribution is 8.18. The maximum atomic E-state index is 12.8. The molecule has 0 aliphatic carbocycles. The van der Waals surface area contributed by atoms with Crippen molar-refractivity contribution in [2.24, 2.45) is 0 Å². The van der Waals surface area contributed by atoms with E-state index in [1.807, 2.05) is 0 Å². The molecule has 0 radical (unpaired) electrons. The largest absolute Gasteiger partial charge is 0.497 e. The molecule has 1 aliphatic rings. The second kappa shape index (κ2) is 9.94. The number of esters is 1. The second-order valence-electron chi connectivity index (χ2n) is 7.05. The average Bonchev–Trinajstić information content (AvgIpc) is 3.08. The first-order chi connectivity index (χ1) is 15.9. The summed E-state index contributed by atoms with van der Waals surface area (Å²) in [7, 11) is 1.55. The molecular weight excluding hydrogens is 462 g/mol. The Balaban J connectivity index is 1.48. The Morgan fingerprint density at radius 2 is 1.76 bits per heavy atom. The van der Waals surface area contributed by atoms with Crippen LogP contribution in [0, 0.1) is 0 Å². The number of amides is 2. The first-order valence-electron chi connectivity index (χ1n) is 9.89. The molecule has 1 aliphatic heterocycles. The number of benzene rings is 3. The molecule has 1 saturated heterocycles. The number of ether oxygens (including phenoxy) is 2. The third-order valence-electron chi connectivity index (χ3n) is 4.85. The highest BCUT2D eigenvalue weighted by Gasteiger charge is 2.35. The molecule has 0 bridgehead atoms. The summed E-state index contributed by atoms with van der Waals surface area (Å²) in [5.41, 5.74) is 1.69. The highest BCUT2D eigenvalue weighted by atomic mass is 35.5. The Hall–Kier alpha value is -3.55. The van der Waals surface area contributed by atoms with Crippen LogP contribution in [-0.2, 0) is 11.3 Å². The van der Waals surface area contributed by atoms with Crippen LogP contribution in [0.15, 0.2) is 77.7 Å². The molecule has 0 atom stereocenters. The molecule has 0 N–H and O–H groups in total. The number of methoxy groups -OCH3 is 1. The minimum absolute atomic E-state index is 0.0984. The number of hydrogen-bond donors (Lipinski definition) is 0. The van der Waals surface area contributed by atoms with Crippen LogP contribution in [0.5, 0.6) is 11.5 Å². The monoisotopic (exact) mass is 479 g/mol. The molecule has 0 spiro atoms. The van der Waals surface area contributed by atoms with Gasteiger partial charge in [-0.15, -0.1) is 0 Å². The van der Waals surface area contributed by atoms with E-state index in [1.165, 1.54) is 0 Å². The van der Waals surface area contributed by atoms with Gasteiger partial charge in [-0.1, -0.05) is 41.9 Å². The van der Waals surface area contributed by atoms with Crippen molar-refractivity contribution in [3.8, 4) is 11.5 Å². The van der Waals surface area contributed by atoms with Gasteiger partial charge in [0.1, 0.15) is 11.5 Å². The number of thioether (sulfide) groups is 1. The van der Waals surface area contributed by atoms with E-state index in [0.717, 1.165) is 16.7 Å². The Labute approximate surface area is 199 Å². The lowest BCUT2D eigenvalue weighted by Crippen LogP contribution is -2.27. The molecule has 0 saturated carbocycles. The van der Waals surface area contributed by atoms with Crippen molar-refractivity contribution in [3.05, 3.63) is 99.4 Å². The minimum atomic E-state index is -0.519. The molecule has 166 valence electrons. The predicted molar refractivity (Wildman–Crippen MR) is 127 cm³/mol. The van der Waals surface area contributed by atoms with E-state index in [9.17, 15) is 14.4 Å². The molecular formula is C25H18ClNO5S. The van der Waals surface area contributed by atoms with Crippen molar-refractivity contribution in [1.29, 1.82) is 0 Å². The van der Waals surface area contributed by atoms with Crippen molar-refractivity contribution in [1.82, 2.24) is 4.90 Å². The molecule has 4 rings (SSSR count). The van der Waals surface area contributed by atoms with E-state index in [4.69, 9.17) is 21.1 Å². The van der Waals surface area contributed by atoms with E-state index in [1.54, 1.807) is 86.0 Å². The van der Waals surface area contributed by atoms with Gasteiger partial charge in [-0.05, 0) is 71.4 Å². The zero-order valence-electron chi connectivity index (χ0n) is 17.5. The van der Waals surface area contributed by atoms with Crippen LogP contribution in [0.3, 0.4) is 0 Å². The molecule has 6 nitrogen and oxygen atoms in total. The molecule has 2 amide bonds. The van der Waals surface area contributed by atoms with Crippen LogP contribution >= 0.6 is 23.4 Å². The summed E-state index contributed by atoms with van der Waals surface area (Å²) in [5.74, 6) is 0.0392. The molecule has 0 unspecified atom stereocenters. The summed E-state index contributed by atoms with van der Waals surface area (Å²) in [6.45, 7) is 0.0984. The van der Waals surface area contributed by atoms with Gasteiger partial charge in [-0.3, -0.25) is 14.5 Å². The van der Waals surface area contributed by atoms with Crippen LogP contribution < -0.4 is 9.47 Å². The average molecular weight is 480 g/mol. The van der Waals surface area contributed by atoms with E-state index in [2.05, 4.69) is 0 Å². The van der Waals surface area contributed by atoms with Crippen LogP contribution in [0.2, 0.25) is 5.02 Å². The number of imide groups is 1. The second-order valence-corrected chi connectivity index (χ2v) is 8.45. The predicted octanol–water partition coefficient (Wildman–Crippen LogP) is 5.80. The fraction of sp³-hybridized carbons (Fsp3) is 0.0800. The zero-order valence-corrected chi connectivity index (χ0v) is 19.1. The van der Waals surface area contributed by atoms with Crippen molar-refractivity contribution < 1.29 is 23.9 Å². The number of carbonyl (C=O) groups excluding carboxylic acids is 3. The summed E-state index contributed by atoms with van der Waals surface area (Å²) in [6, 6.07) is 20.4. The SMILES string of the molecule is COc1ccc(C(=O)Oc2cccc(/C=C3\SC(=O)N(Cc4ccccc4Cl)C3=O)c2)cc1. The lowest BCUT2D eigenvalue weighted by molar-refractivity contribution is -0.123. The third kappa shape index (κ3) is 5.27. The van der Waals surface area contributed by atoms with Crippen molar-refractivity contribution in [2.45, 2.75) is 6.54 Å². The summed E-state index contributed by atoms with van der Waals surface area (Å²) in [5, 5.41) is 0.125. The Morgan fingerprint density at radius 1 is 1.00 bits per heavy atom. The Bertz CT molecular complexity index is 1260. The fourth-order valence-corrected chi connectivity index (χ4v) is 4.18. The maximum Gasteiger partial charge on any atom is 0.343 e. The quantitative estimate of drug-likeness (QED) is 0.252. The first kappa shape index (κ1) is 22.6. The first-order valence-corrected chi connectivity index (χ1v) is 11.1. The van der Waals surface area contributed by atoms with Crippen LogP contribution in [0.4, 0.5) is 4.79 Å². The highest BCUT2D eigenvalue weighted by Crippen LogP contribution is 2.34. The van der Waals surface area contributed by atoms with Gasteiger partial charge in [-0.25, -0.2) is 4.79 Å². The molecule has 0 aromatic heterocycles. The van der Waals surface area contributed by atoms with Gasteiger partial charge in [0.05, 0.1) is 24.1 Å². The molecule has 3 aromatic carbocycles. The normalized spacial score (nSPS) is 14.6. The van der Waals surface area contributed by atoms with Gasteiger partial charge in [0, 0.05) is 5.02 Å². The van der Waals surface area contributed by atoms with E-state index in [-0.39, 0.29) is 16.7 Å². The lowest BCUT2D eigenvalue weighted by atomic mass is 10.2. The van der Waals surface area contributed by atoms with E-state index in [0.29, 0.717) is 33.2 Å². The number of hydrogen-bond acceptors (Lipinski definition) is 6.